The van der Waals surface area contributed by atoms with Crippen LogP contribution in [0.25, 0.3) is 0 Å². The number of rotatable bonds is 4. The number of carboxylic acid groups (broad SMARTS) is 1. The summed E-state index contributed by atoms with van der Waals surface area (Å²) in [6.45, 7) is 0.194. The van der Waals surface area contributed by atoms with E-state index in [-0.39, 0.29) is 18.7 Å². The molecule has 0 unspecified atom stereocenters. The number of benzene rings is 1. The van der Waals surface area contributed by atoms with Crippen molar-refractivity contribution in [3.8, 4) is 0 Å². The summed E-state index contributed by atoms with van der Waals surface area (Å²) in [7, 11) is 0. The third-order valence-corrected chi connectivity index (χ3v) is 2.80. The molecular formula is C13H16N2O3. The Labute approximate surface area is 105 Å². The third-order valence-electron chi connectivity index (χ3n) is 2.80. The lowest BCUT2D eigenvalue weighted by atomic mass is 10.2. The number of hydroxylamine groups is 2. The Morgan fingerprint density at radius 2 is 2.17 bits per heavy atom. The maximum atomic E-state index is 11.1. The molecule has 0 aromatic heterocycles. The topological polar surface area (TPSA) is 75.8 Å². The van der Waals surface area contributed by atoms with Gasteiger partial charge < -0.3 is 10.8 Å². The average molecular weight is 248 g/mol. The number of amides is 1. The summed E-state index contributed by atoms with van der Waals surface area (Å²) in [6, 6.07) is 9.06. The summed E-state index contributed by atoms with van der Waals surface area (Å²) in [5.41, 5.74) is 6.66. The van der Waals surface area contributed by atoms with Crippen LogP contribution in [0.2, 0.25) is 0 Å². The summed E-state index contributed by atoms with van der Waals surface area (Å²) in [4.78, 5) is 16.6. The predicted molar refractivity (Wildman–Crippen MR) is 66.6 cm³/mol. The number of nitrogens with two attached hydrogens (primary N) is 1. The molecule has 5 nitrogen and oxygen atoms in total. The zero-order valence-corrected chi connectivity index (χ0v) is 9.90. The van der Waals surface area contributed by atoms with Crippen LogP contribution >= 0.6 is 0 Å². The second-order valence-electron chi connectivity index (χ2n) is 4.19. The van der Waals surface area contributed by atoms with E-state index in [2.05, 4.69) is 0 Å². The summed E-state index contributed by atoms with van der Waals surface area (Å²) >= 11 is 0. The standard InChI is InChI=1S/C13H16N2O3/c14-11-7-4-8-12(11)18-15(13(16)17)9-10-5-2-1-3-6-10/h1-7,11-12H,8-9,14H2,(H,16,17)/t11-,12+/m0/s1. The minimum Gasteiger partial charge on any atom is -0.463 e. The van der Waals surface area contributed by atoms with Gasteiger partial charge >= 0.3 is 6.09 Å². The Morgan fingerprint density at radius 1 is 1.44 bits per heavy atom. The predicted octanol–water partition coefficient (Wildman–Crippen LogP) is 1.75. The van der Waals surface area contributed by atoms with Gasteiger partial charge in [0.2, 0.25) is 0 Å². The molecule has 0 spiro atoms. The highest BCUT2D eigenvalue weighted by Gasteiger charge is 2.25. The molecule has 0 fully saturated rings. The first-order valence-corrected chi connectivity index (χ1v) is 5.80. The third kappa shape index (κ3) is 3.09. The first-order chi connectivity index (χ1) is 8.66. The molecule has 2 rings (SSSR count). The number of hydrogen-bond acceptors (Lipinski definition) is 3. The Bertz CT molecular complexity index is 433. The van der Waals surface area contributed by atoms with Gasteiger partial charge in [0, 0.05) is 0 Å². The highest BCUT2D eigenvalue weighted by molar-refractivity contribution is 5.63. The number of nitrogens with zero attached hydrogens (tertiary/aromatic N) is 1. The van der Waals surface area contributed by atoms with Crippen LogP contribution in [0, 0.1) is 0 Å². The molecule has 0 saturated carbocycles. The van der Waals surface area contributed by atoms with E-state index in [0.29, 0.717) is 6.42 Å². The van der Waals surface area contributed by atoms with E-state index in [1.807, 2.05) is 42.5 Å². The van der Waals surface area contributed by atoms with E-state index in [4.69, 9.17) is 15.7 Å². The molecule has 1 aromatic carbocycles. The van der Waals surface area contributed by atoms with Crippen LogP contribution in [0.3, 0.4) is 0 Å². The molecule has 0 saturated heterocycles. The number of carbonyl (C=O) groups is 1. The first kappa shape index (κ1) is 12.6. The van der Waals surface area contributed by atoms with Gasteiger partial charge in [0.05, 0.1) is 12.6 Å². The molecule has 96 valence electrons. The average Bonchev–Trinajstić information content (AvgIpc) is 2.75. The molecule has 18 heavy (non-hydrogen) atoms. The molecule has 2 atom stereocenters. The minimum absolute atomic E-state index is 0.194. The molecule has 0 heterocycles. The smallest absolute Gasteiger partial charge is 0.431 e. The van der Waals surface area contributed by atoms with E-state index >= 15 is 0 Å². The Kier molecular flexibility index (Phi) is 3.96. The van der Waals surface area contributed by atoms with E-state index < -0.39 is 6.09 Å². The SMILES string of the molecule is N[C@H]1C=CC[C@H]1ON(Cc1ccccc1)C(=O)O. The maximum Gasteiger partial charge on any atom is 0.431 e. The molecule has 1 aromatic rings. The van der Waals surface area contributed by atoms with Gasteiger partial charge in [-0.25, -0.2) is 4.79 Å². The van der Waals surface area contributed by atoms with Gasteiger partial charge in [0.1, 0.15) is 6.10 Å². The molecule has 0 radical (unpaired) electrons. The van der Waals surface area contributed by atoms with Gasteiger partial charge in [0.15, 0.2) is 0 Å². The van der Waals surface area contributed by atoms with Crippen LogP contribution in [-0.2, 0) is 11.4 Å². The second-order valence-corrected chi connectivity index (χ2v) is 4.19. The van der Waals surface area contributed by atoms with Crippen LogP contribution in [-0.4, -0.2) is 28.4 Å². The Morgan fingerprint density at radius 3 is 2.72 bits per heavy atom. The number of hydrogen-bond donors (Lipinski definition) is 2. The van der Waals surface area contributed by atoms with Gasteiger partial charge in [-0.1, -0.05) is 42.5 Å². The van der Waals surface area contributed by atoms with Crippen LogP contribution in [0.1, 0.15) is 12.0 Å². The summed E-state index contributed by atoms with van der Waals surface area (Å²) in [5.74, 6) is 0. The van der Waals surface area contributed by atoms with Crippen LogP contribution in [0.4, 0.5) is 4.79 Å². The molecule has 0 aliphatic heterocycles. The quantitative estimate of drug-likeness (QED) is 0.628. The van der Waals surface area contributed by atoms with E-state index in [0.717, 1.165) is 10.6 Å². The zero-order chi connectivity index (χ0) is 13.0. The van der Waals surface area contributed by atoms with Crippen LogP contribution in [0.5, 0.6) is 0 Å². The van der Waals surface area contributed by atoms with Crippen molar-refractivity contribution >= 4 is 6.09 Å². The first-order valence-electron chi connectivity index (χ1n) is 5.80. The van der Waals surface area contributed by atoms with Crippen molar-refractivity contribution in [3.63, 3.8) is 0 Å². The van der Waals surface area contributed by atoms with Gasteiger partial charge in [-0.05, 0) is 12.0 Å². The Hall–Kier alpha value is -1.85. The van der Waals surface area contributed by atoms with Crippen LogP contribution in [0.15, 0.2) is 42.5 Å². The molecule has 1 aliphatic carbocycles. The van der Waals surface area contributed by atoms with Gasteiger partial charge in [-0.2, -0.15) is 5.06 Å². The fraction of sp³-hybridized carbons (Fsp3) is 0.308. The highest BCUT2D eigenvalue weighted by Crippen LogP contribution is 2.16. The van der Waals surface area contributed by atoms with E-state index in [9.17, 15) is 4.79 Å². The molecular weight excluding hydrogens is 232 g/mol. The monoisotopic (exact) mass is 248 g/mol. The van der Waals surface area contributed by atoms with E-state index in [1.54, 1.807) is 0 Å². The van der Waals surface area contributed by atoms with Crippen molar-refractivity contribution in [2.45, 2.75) is 25.1 Å². The maximum absolute atomic E-state index is 11.1. The van der Waals surface area contributed by atoms with Crippen molar-refractivity contribution < 1.29 is 14.7 Å². The largest absolute Gasteiger partial charge is 0.463 e. The molecule has 3 N–H and O–H groups in total. The molecule has 1 amide bonds. The summed E-state index contributed by atoms with van der Waals surface area (Å²) in [5, 5.41) is 10.1. The zero-order valence-electron chi connectivity index (χ0n) is 9.90. The second kappa shape index (κ2) is 5.66. The van der Waals surface area contributed by atoms with Gasteiger partial charge in [-0.15, -0.1) is 0 Å². The van der Waals surface area contributed by atoms with E-state index in [1.165, 1.54) is 0 Å². The minimum atomic E-state index is -1.11. The van der Waals surface area contributed by atoms with Crippen molar-refractivity contribution in [3.05, 3.63) is 48.0 Å². The summed E-state index contributed by atoms with van der Waals surface area (Å²) < 4.78 is 0. The fourth-order valence-corrected chi connectivity index (χ4v) is 1.83. The molecule has 0 bridgehead atoms. The lowest BCUT2D eigenvalue weighted by Gasteiger charge is -2.24. The van der Waals surface area contributed by atoms with Crippen molar-refractivity contribution in [1.29, 1.82) is 0 Å². The normalized spacial score (nSPS) is 22.1. The Balaban J connectivity index is 1.98. The molecule has 5 heteroatoms. The molecule has 1 aliphatic rings. The van der Waals surface area contributed by atoms with Gasteiger partial charge in [0.25, 0.3) is 0 Å². The lowest BCUT2D eigenvalue weighted by molar-refractivity contribution is -0.176. The van der Waals surface area contributed by atoms with Crippen LogP contribution < -0.4 is 5.73 Å². The van der Waals surface area contributed by atoms with Gasteiger partial charge in [-0.3, -0.25) is 4.84 Å². The van der Waals surface area contributed by atoms with Crippen molar-refractivity contribution in [2.24, 2.45) is 5.73 Å². The van der Waals surface area contributed by atoms with Crippen molar-refractivity contribution in [1.82, 2.24) is 5.06 Å². The fourth-order valence-electron chi connectivity index (χ4n) is 1.83. The summed E-state index contributed by atoms with van der Waals surface area (Å²) in [6.07, 6.45) is 2.95. The lowest BCUT2D eigenvalue weighted by Crippen LogP contribution is -2.40. The van der Waals surface area contributed by atoms with Crippen molar-refractivity contribution in [2.75, 3.05) is 0 Å². The highest BCUT2D eigenvalue weighted by atomic mass is 16.7.